The molecule has 0 aliphatic heterocycles. The number of aromatic nitrogens is 7. The monoisotopic (exact) mass is 358 g/mol. The molecule has 8 heteroatoms. The highest BCUT2D eigenvalue weighted by Gasteiger charge is 2.31. The molecular weight excluding hydrogens is 340 g/mol. The molecular formula is C19H18N8. The number of fused-ring (bicyclic) bond motifs is 1. The minimum atomic E-state index is 0.152. The van der Waals surface area contributed by atoms with Gasteiger partial charge in [0.2, 0.25) is 0 Å². The summed E-state index contributed by atoms with van der Waals surface area (Å²) in [6.45, 7) is 1.97. The summed E-state index contributed by atoms with van der Waals surface area (Å²) < 4.78 is 5.59. The van der Waals surface area contributed by atoms with Crippen molar-refractivity contribution in [2.75, 3.05) is 0 Å². The highest BCUT2D eigenvalue weighted by atomic mass is 15.3. The third-order valence-corrected chi connectivity index (χ3v) is 5.12. The van der Waals surface area contributed by atoms with Gasteiger partial charge in [0.1, 0.15) is 0 Å². The van der Waals surface area contributed by atoms with Crippen molar-refractivity contribution in [1.29, 1.82) is 5.26 Å². The lowest BCUT2D eigenvalue weighted by Gasteiger charge is -2.30. The molecule has 8 nitrogen and oxygen atoms in total. The van der Waals surface area contributed by atoms with E-state index in [2.05, 4.69) is 21.4 Å². The molecule has 0 spiro atoms. The van der Waals surface area contributed by atoms with Gasteiger partial charge in [0.25, 0.3) is 0 Å². The predicted molar refractivity (Wildman–Crippen MR) is 98.5 cm³/mol. The molecule has 0 amide bonds. The van der Waals surface area contributed by atoms with Crippen molar-refractivity contribution >= 4 is 5.52 Å². The zero-order chi connectivity index (χ0) is 18.5. The zero-order valence-corrected chi connectivity index (χ0v) is 15.1. The molecule has 0 N–H and O–H groups in total. The lowest BCUT2D eigenvalue weighted by Crippen LogP contribution is -2.25. The number of aryl methyl sites for hydroxylation is 2. The second-order valence-corrected chi connectivity index (χ2v) is 7.15. The van der Waals surface area contributed by atoms with Crippen LogP contribution in [0.25, 0.3) is 28.0 Å². The first-order chi connectivity index (χ1) is 13.1. The fourth-order valence-corrected chi connectivity index (χ4v) is 3.59. The second-order valence-electron chi connectivity index (χ2n) is 7.15. The Morgan fingerprint density at radius 1 is 1.11 bits per heavy atom. The molecule has 1 fully saturated rings. The van der Waals surface area contributed by atoms with E-state index in [4.69, 9.17) is 10.2 Å². The van der Waals surface area contributed by atoms with Crippen LogP contribution in [-0.2, 0) is 7.05 Å². The Morgan fingerprint density at radius 2 is 1.93 bits per heavy atom. The van der Waals surface area contributed by atoms with Crippen molar-refractivity contribution in [3.05, 3.63) is 42.7 Å². The number of rotatable bonds is 3. The van der Waals surface area contributed by atoms with Crippen LogP contribution in [0.3, 0.4) is 0 Å². The molecule has 0 saturated heterocycles. The summed E-state index contributed by atoms with van der Waals surface area (Å²) in [6, 6.07) is 4.65. The minimum Gasteiger partial charge on any atom is -0.275 e. The third-order valence-electron chi connectivity index (χ3n) is 5.12. The quantitative estimate of drug-likeness (QED) is 0.562. The Kier molecular flexibility index (Phi) is 3.37. The summed E-state index contributed by atoms with van der Waals surface area (Å²) in [6.07, 6.45) is 11.3. The first-order valence-electron chi connectivity index (χ1n) is 8.91. The maximum atomic E-state index is 8.99. The molecule has 4 heterocycles. The van der Waals surface area contributed by atoms with Gasteiger partial charge in [-0.1, -0.05) is 0 Å². The molecule has 0 atom stereocenters. The van der Waals surface area contributed by atoms with Gasteiger partial charge in [-0.25, -0.2) is 9.50 Å². The van der Waals surface area contributed by atoms with Gasteiger partial charge >= 0.3 is 0 Å². The van der Waals surface area contributed by atoms with E-state index in [0.717, 1.165) is 46.6 Å². The maximum Gasteiger partial charge on any atom is 0.0999 e. The molecule has 0 aromatic carbocycles. The van der Waals surface area contributed by atoms with Crippen LogP contribution in [0.5, 0.6) is 0 Å². The molecule has 1 saturated carbocycles. The van der Waals surface area contributed by atoms with Crippen molar-refractivity contribution in [2.45, 2.75) is 25.8 Å². The van der Waals surface area contributed by atoms with Gasteiger partial charge in [-0.15, -0.1) is 0 Å². The van der Waals surface area contributed by atoms with Crippen LogP contribution in [-0.4, -0.2) is 34.2 Å². The minimum absolute atomic E-state index is 0.152. The summed E-state index contributed by atoms with van der Waals surface area (Å²) in [5, 5.41) is 22.3. The summed E-state index contributed by atoms with van der Waals surface area (Å²) in [7, 11) is 1.89. The summed E-state index contributed by atoms with van der Waals surface area (Å²) in [5.74, 6) is 0.152. The van der Waals surface area contributed by atoms with Gasteiger partial charge in [-0.05, 0) is 25.8 Å². The van der Waals surface area contributed by atoms with E-state index >= 15 is 0 Å². The topological polar surface area (TPSA) is 89.6 Å². The second kappa shape index (κ2) is 5.77. The molecule has 27 heavy (non-hydrogen) atoms. The van der Waals surface area contributed by atoms with Crippen LogP contribution in [0.4, 0.5) is 0 Å². The van der Waals surface area contributed by atoms with E-state index in [1.54, 1.807) is 10.9 Å². The molecule has 5 rings (SSSR count). The average Bonchev–Trinajstić information content (AvgIpc) is 3.32. The van der Waals surface area contributed by atoms with Gasteiger partial charge < -0.3 is 0 Å². The van der Waals surface area contributed by atoms with E-state index in [1.807, 2.05) is 54.0 Å². The third kappa shape index (κ3) is 2.59. The Bertz CT molecular complexity index is 1180. The molecule has 134 valence electrons. The molecule has 4 aromatic heterocycles. The Labute approximate surface area is 155 Å². The zero-order valence-electron chi connectivity index (χ0n) is 15.1. The first kappa shape index (κ1) is 15.8. The lowest BCUT2D eigenvalue weighted by atomic mass is 9.81. The number of hydrogen-bond donors (Lipinski definition) is 0. The van der Waals surface area contributed by atoms with Crippen LogP contribution in [0.15, 0.2) is 37.1 Å². The SMILES string of the molecule is Cc1cc2c(-c3cnn(C4CC(C#N)C4)c3)nc(-c3cnn(C)c3)cn2n1. The highest BCUT2D eigenvalue weighted by molar-refractivity contribution is 5.78. The van der Waals surface area contributed by atoms with E-state index in [1.165, 1.54) is 0 Å². The number of nitriles is 1. The van der Waals surface area contributed by atoms with Crippen LogP contribution in [0.1, 0.15) is 24.6 Å². The maximum absolute atomic E-state index is 8.99. The molecule has 0 unspecified atom stereocenters. The fraction of sp³-hybridized carbons (Fsp3) is 0.316. The molecule has 4 aromatic rings. The highest BCUT2D eigenvalue weighted by Crippen LogP contribution is 2.37. The number of nitrogens with zero attached hydrogens (tertiary/aromatic N) is 8. The standard InChI is InChI=1S/C19H18N8/c1-12-3-18-19(15-8-22-26(10-15)16-4-13(5-16)6-20)23-17(11-27(18)24-12)14-7-21-25(2)9-14/h3,7-11,13,16H,4-5H2,1-2H3. The van der Waals surface area contributed by atoms with Gasteiger partial charge in [-0.2, -0.15) is 20.6 Å². The molecule has 0 radical (unpaired) electrons. The molecule has 1 aliphatic rings. The Balaban J connectivity index is 1.60. The lowest BCUT2D eigenvalue weighted by molar-refractivity contribution is 0.230. The van der Waals surface area contributed by atoms with Crippen molar-refractivity contribution in [1.82, 2.24) is 34.2 Å². The summed E-state index contributed by atoms with van der Waals surface area (Å²) >= 11 is 0. The van der Waals surface area contributed by atoms with Crippen LogP contribution < -0.4 is 0 Å². The van der Waals surface area contributed by atoms with Crippen molar-refractivity contribution in [3.8, 4) is 28.6 Å². The summed E-state index contributed by atoms with van der Waals surface area (Å²) in [5.41, 5.74) is 5.44. The normalized spacial score (nSPS) is 19.1. The van der Waals surface area contributed by atoms with Gasteiger partial charge in [-0.3, -0.25) is 9.36 Å². The predicted octanol–water partition coefficient (Wildman–Crippen LogP) is 2.78. The Morgan fingerprint density at radius 3 is 2.67 bits per heavy atom. The largest absolute Gasteiger partial charge is 0.275 e. The fourth-order valence-electron chi connectivity index (χ4n) is 3.59. The average molecular weight is 358 g/mol. The van der Waals surface area contributed by atoms with Gasteiger partial charge in [0, 0.05) is 30.6 Å². The van der Waals surface area contributed by atoms with Crippen molar-refractivity contribution < 1.29 is 0 Å². The van der Waals surface area contributed by atoms with Crippen molar-refractivity contribution in [2.24, 2.45) is 13.0 Å². The van der Waals surface area contributed by atoms with Crippen LogP contribution in [0.2, 0.25) is 0 Å². The smallest absolute Gasteiger partial charge is 0.0999 e. The van der Waals surface area contributed by atoms with E-state index in [9.17, 15) is 0 Å². The van der Waals surface area contributed by atoms with Gasteiger partial charge in [0.05, 0.1) is 59.2 Å². The number of hydrogen-bond acceptors (Lipinski definition) is 5. The van der Waals surface area contributed by atoms with Crippen LogP contribution >= 0.6 is 0 Å². The Hall–Kier alpha value is -3.47. The summed E-state index contributed by atoms with van der Waals surface area (Å²) in [4.78, 5) is 4.90. The molecule has 0 bridgehead atoms. The molecule has 1 aliphatic carbocycles. The van der Waals surface area contributed by atoms with Crippen molar-refractivity contribution in [3.63, 3.8) is 0 Å². The van der Waals surface area contributed by atoms with E-state index < -0.39 is 0 Å². The van der Waals surface area contributed by atoms with E-state index in [0.29, 0.717) is 6.04 Å². The first-order valence-corrected chi connectivity index (χ1v) is 8.91. The van der Waals surface area contributed by atoms with Gasteiger partial charge in [0.15, 0.2) is 0 Å². The van der Waals surface area contributed by atoms with E-state index in [-0.39, 0.29) is 5.92 Å². The van der Waals surface area contributed by atoms with Crippen LogP contribution in [0, 0.1) is 24.2 Å².